The molecule has 0 aromatic heterocycles. The molecule has 0 amide bonds. The standard InChI is InChI=1S/C18H17O5PS.Na/c1-21-15-7-4-6-14-16(23-24(19,20)22-13-9-10-13)11-12-5-2-3-8-17(12)25-18(14)15;/h2-8,11,13H,9-10H2,1H3,(H,19,20);/q;+1/p-1. The van der Waals surface area contributed by atoms with Crippen molar-refractivity contribution in [2.75, 3.05) is 7.11 Å². The van der Waals surface area contributed by atoms with Crippen molar-refractivity contribution < 1.29 is 52.8 Å². The fourth-order valence-electron chi connectivity index (χ4n) is 2.57. The molecule has 5 nitrogen and oxygen atoms in total. The first-order valence-corrected chi connectivity index (χ1v) is 10.2. The van der Waals surface area contributed by atoms with E-state index in [1.54, 1.807) is 13.2 Å². The average molecular weight is 398 g/mol. The minimum absolute atomic E-state index is 0. The number of phosphoric acid groups is 1. The third kappa shape index (κ3) is 4.39. The molecule has 8 heteroatoms. The van der Waals surface area contributed by atoms with Crippen LogP contribution in [0.15, 0.2) is 52.3 Å². The van der Waals surface area contributed by atoms with E-state index in [1.807, 2.05) is 42.5 Å². The van der Waals surface area contributed by atoms with Gasteiger partial charge in [0.1, 0.15) is 11.5 Å². The van der Waals surface area contributed by atoms with Gasteiger partial charge in [0.2, 0.25) is 0 Å². The Labute approximate surface area is 178 Å². The zero-order valence-corrected chi connectivity index (χ0v) is 18.2. The van der Waals surface area contributed by atoms with Gasteiger partial charge >= 0.3 is 37.4 Å². The van der Waals surface area contributed by atoms with Gasteiger partial charge in [-0.25, -0.2) is 0 Å². The summed E-state index contributed by atoms with van der Waals surface area (Å²) in [6, 6.07) is 13.2. The number of rotatable bonds is 5. The molecule has 2 aliphatic rings. The van der Waals surface area contributed by atoms with Crippen molar-refractivity contribution in [3.8, 4) is 5.75 Å². The monoisotopic (exact) mass is 398 g/mol. The van der Waals surface area contributed by atoms with Gasteiger partial charge in [0.05, 0.1) is 18.1 Å². The predicted octanol–water partition coefficient (Wildman–Crippen LogP) is 1.33. The number of fused-ring (bicyclic) bond motifs is 2. The first kappa shape index (κ1) is 20.0. The summed E-state index contributed by atoms with van der Waals surface area (Å²) < 4.78 is 28.1. The van der Waals surface area contributed by atoms with Gasteiger partial charge < -0.3 is 18.7 Å². The van der Waals surface area contributed by atoms with Gasteiger partial charge in [-0.3, -0.25) is 4.57 Å². The first-order chi connectivity index (χ1) is 12.1. The molecule has 0 saturated heterocycles. The quantitative estimate of drug-likeness (QED) is 0.559. The molecule has 1 saturated carbocycles. The van der Waals surface area contributed by atoms with E-state index in [4.69, 9.17) is 13.8 Å². The van der Waals surface area contributed by atoms with Crippen LogP contribution in [-0.4, -0.2) is 13.2 Å². The largest absolute Gasteiger partial charge is 1.00 e. The molecule has 0 bridgehead atoms. The summed E-state index contributed by atoms with van der Waals surface area (Å²) in [5.74, 6) is 0.905. The molecule has 1 heterocycles. The Morgan fingerprint density at radius 2 is 1.92 bits per heavy atom. The number of ether oxygens (including phenoxy) is 1. The normalized spacial score (nSPS) is 17.5. The molecular formula is C18H16NaO5PS. The van der Waals surface area contributed by atoms with Crippen molar-refractivity contribution in [2.45, 2.75) is 28.7 Å². The molecule has 26 heavy (non-hydrogen) atoms. The number of hydrogen-bond acceptors (Lipinski definition) is 6. The molecule has 1 unspecified atom stereocenters. The van der Waals surface area contributed by atoms with E-state index in [2.05, 4.69) is 0 Å². The van der Waals surface area contributed by atoms with Crippen molar-refractivity contribution in [1.29, 1.82) is 0 Å². The molecule has 1 aliphatic carbocycles. The smallest absolute Gasteiger partial charge is 0.746 e. The van der Waals surface area contributed by atoms with E-state index >= 15 is 0 Å². The number of benzene rings is 2. The topological polar surface area (TPSA) is 67.8 Å². The average Bonchev–Trinajstić information content (AvgIpc) is 3.40. The Morgan fingerprint density at radius 3 is 2.65 bits per heavy atom. The van der Waals surface area contributed by atoms with Crippen LogP contribution in [0.3, 0.4) is 0 Å². The molecule has 1 aliphatic heterocycles. The van der Waals surface area contributed by atoms with E-state index in [1.165, 1.54) is 11.8 Å². The van der Waals surface area contributed by atoms with E-state index in [0.29, 0.717) is 11.3 Å². The summed E-state index contributed by atoms with van der Waals surface area (Å²) in [5.41, 5.74) is 1.54. The maximum Gasteiger partial charge on any atom is 1.00 e. The molecule has 0 spiro atoms. The maximum atomic E-state index is 12.2. The summed E-state index contributed by atoms with van der Waals surface area (Å²) in [6.07, 6.45) is 2.98. The molecular weight excluding hydrogens is 382 g/mol. The molecule has 2 aromatic rings. The fraction of sp³-hybridized carbons (Fsp3) is 0.222. The van der Waals surface area contributed by atoms with Gasteiger partial charge in [-0.2, -0.15) is 0 Å². The van der Waals surface area contributed by atoms with Gasteiger partial charge in [0, 0.05) is 10.5 Å². The van der Waals surface area contributed by atoms with Crippen LogP contribution in [0.1, 0.15) is 24.0 Å². The van der Waals surface area contributed by atoms with Crippen LogP contribution in [0.5, 0.6) is 5.75 Å². The number of methoxy groups -OCH3 is 1. The Bertz CT molecular complexity index is 897. The second-order valence-corrected chi connectivity index (χ2v) is 8.17. The molecule has 1 fully saturated rings. The number of phosphoric ester groups is 1. The SMILES string of the molecule is COc1cccc2c1Sc1ccccc1C=C2OP(=O)([O-])OC1CC1.[Na+]. The van der Waals surface area contributed by atoms with Crippen LogP contribution in [0.25, 0.3) is 11.8 Å². The van der Waals surface area contributed by atoms with Crippen molar-refractivity contribution in [1.82, 2.24) is 0 Å². The Hall–Kier alpha value is -0.720. The second kappa shape index (κ2) is 8.11. The van der Waals surface area contributed by atoms with Crippen molar-refractivity contribution >= 4 is 31.4 Å². The molecule has 4 rings (SSSR count). The maximum absolute atomic E-state index is 12.2. The van der Waals surface area contributed by atoms with Gasteiger partial charge in [0.15, 0.2) is 0 Å². The van der Waals surface area contributed by atoms with Crippen LogP contribution in [-0.2, 0) is 13.6 Å². The Morgan fingerprint density at radius 1 is 1.15 bits per heavy atom. The molecule has 0 radical (unpaired) electrons. The van der Waals surface area contributed by atoms with Crippen LogP contribution in [0.4, 0.5) is 0 Å². The van der Waals surface area contributed by atoms with Crippen LogP contribution < -0.4 is 39.2 Å². The van der Waals surface area contributed by atoms with Crippen molar-refractivity contribution in [3.05, 3.63) is 53.6 Å². The molecule has 130 valence electrons. The zero-order chi connectivity index (χ0) is 17.4. The minimum atomic E-state index is -4.43. The predicted molar refractivity (Wildman–Crippen MR) is 94.2 cm³/mol. The molecule has 0 N–H and O–H groups in total. The zero-order valence-electron chi connectivity index (χ0n) is 14.5. The van der Waals surface area contributed by atoms with Gasteiger partial charge in [-0.15, -0.1) is 0 Å². The van der Waals surface area contributed by atoms with E-state index in [-0.39, 0.29) is 41.4 Å². The molecule has 2 aromatic carbocycles. The van der Waals surface area contributed by atoms with E-state index < -0.39 is 7.82 Å². The van der Waals surface area contributed by atoms with Gasteiger partial charge in [-0.05, 0) is 42.7 Å². The third-order valence-corrected chi connectivity index (χ3v) is 6.09. The Balaban J connectivity index is 0.00000196. The number of hydrogen-bond donors (Lipinski definition) is 0. The fourth-order valence-corrected chi connectivity index (χ4v) is 4.72. The summed E-state index contributed by atoms with van der Waals surface area (Å²) in [6.45, 7) is 0. The van der Waals surface area contributed by atoms with Gasteiger partial charge in [-0.1, -0.05) is 36.0 Å². The van der Waals surface area contributed by atoms with Crippen LogP contribution in [0.2, 0.25) is 0 Å². The van der Waals surface area contributed by atoms with Crippen molar-refractivity contribution in [2.24, 2.45) is 0 Å². The molecule has 1 atom stereocenters. The van der Waals surface area contributed by atoms with E-state index in [9.17, 15) is 9.46 Å². The summed E-state index contributed by atoms with van der Waals surface area (Å²) in [4.78, 5) is 14.1. The van der Waals surface area contributed by atoms with Crippen LogP contribution >= 0.6 is 19.6 Å². The van der Waals surface area contributed by atoms with Crippen LogP contribution in [0, 0.1) is 0 Å². The summed E-state index contributed by atoms with van der Waals surface area (Å²) in [7, 11) is -2.84. The Kier molecular flexibility index (Phi) is 6.25. The first-order valence-electron chi connectivity index (χ1n) is 7.91. The summed E-state index contributed by atoms with van der Waals surface area (Å²) in [5, 5.41) is 0. The van der Waals surface area contributed by atoms with E-state index in [0.717, 1.165) is 28.2 Å². The van der Waals surface area contributed by atoms with Gasteiger partial charge in [0.25, 0.3) is 0 Å². The van der Waals surface area contributed by atoms with Crippen molar-refractivity contribution in [3.63, 3.8) is 0 Å². The second-order valence-electron chi connectivity index (χ2n) is 5.83. The summed E-state index contributed by atoms with van der Waals surface area (Å²) >= 11 is 1.52. The third-order valence-electron chi connectivity index (χ3n) is 3.89. The minimum Gasteiger partial charge on any atom is -0.746 e.